The van der Waals surface area contributed by atoms with Crippen molar-refractivity contribution in [3.63, 3.8) is 0 Å². The predicted molar refractivity (Wildman–Crippen MR) is 98.9 cm³/mol. The van der Waals surface area contributed by atoms with E-state index in [9.17, 15) is 9.59 Å². The van der Waals surface area contributed by atoms with Gasteiger partial charge in [0.25, 0.3) is 0 Å². The Morgan fingerprint density at radius 3 is 2.31 bits per heavy atom. The van der Waals surface area contributed by atoms with Crippen molar-refractivity contribution in [2.24, 2.45) is 0 Å². The number of carboxylic acids is 2. The molecule has 0 saturated carbocycles. The maximum Gasteiger partial charge on any atom is 0.344 e. The van der Waals surface area contributed by atoms with Crippen molar-refractivity contribution in [3.8, 4) is 5.75 Å². The van der Waals surface area contributed by atoms with Crippen molar-refractivity contribution >= 4 is 23.3 Å². The van der Waals surface area contributed by atoms with Gasteiger partial charge in [-0.25, -0.2) is 9.59 Å². The molecule has 0 amide bonds. The molecule has 8 nitrogen and oxygen atoms in total. The zero-order valence-electron chi connectivity index (χ0n) is 15.2. The lowest BCUT2D eigenvalue weighted by molar-refractivity contribution is -0.140. The van der Waals surface area contributed by atoms with Gasteiger partial charge in [-0.05, 0) is 33.0 Å². The third-order valence-electron chi connectivity index (χ3n) is 4.01. The lowest BCUT2D eigenvalue weighted by Gasteiger charge is -2.35. The Hall–Kier alpha value is -2.74. The average molecular weight is 363 g/mol. The molecule has 1 aliphatic heterocycles. The third-order valence-corrected chi connectivity index (χ3v) is 4.01. The molecule has 1 saturated heterocycles. The summed E-state index contributed by atoms with van der Waals surface area (Å²) in [5.41, 5.74) is 0.788. The summed E-state index contributed by atoms with van der Waals surface area (Å²) in [5.74, 6) is -2.33. The van der Waals surface area contributed by atoms with Crippen molar-refractivity contribution in [2.75, 3.05) is 43.4 Å². The van der Waals surface area contributed by atoms with Gasteiger partial charge in [-0.2, -0.15) is 0 Å². The van der Waals surface area contributed by atoms with E-state index in [0.29, 0.717) is 11.4 Å². The first-order valence-corrected chi connectivity index (χ1v) is 8.45. The number of nitrogens with one attached hydrogen (secondary N) is 1. The number of rotatable bonds is 7. The maximum atomic E-state index is 10.9. The van der Waals surface area contributed by atoms with E-state index in [2.05, 4.69) is 22.2 Å². The van der Waals surface area contributed by atoms with Crippen LogP contribution in [0.5, 0.6) is 5.75 Å². The minimum absolute atomic E-state index is 0.0272. The number of hydrogen-bond acceptors (Lipinski definition) is 6. The molecule has 0 radical (unpaired) electrons. The molecule has 0 atom stereocenters. The number of nitrogens with zero attached hydrogens (tertiary/aromatic N) is 2. The van der Waals surface area contributed by atoms with E-state index in [1.807, 2.05) is 19.9 Å². The Kier molecular flexibility index (Phi) is 6.46. The second-order valence-electron chi connectivity index (χ2n) is 6.45. The molecule has 0 aliphatic carbocycles. The number of piperazine rings is 1. The maximum absolute atomic E-state index is 10.9. The molecular formula is C18H25N3O5. The van der Waals surface area contributed by atoms with E-state index in [0.717, 1.165) is 38.1 Å². The molecule has 1 aliphatic rings. The normalized spacial score (nSPS) is 14.8. The van der Waals surface area contributed by atoms with Crippen LogP contribution < -0.4 is 15.0 Å². The number of benzene rings is 1. The van der Waals surface area contributed by atoms with Gasteiger partial charge in [0.1, 0.15) is 5.75 Å². The van der Waals surface area contributed by atoms with Crippen LogP contribution in [0.2, 0.25) is 0 Å². The second-order valence-corrected chi connectivity index (χ2v) is 6.45. The zero-order chi connectivity index (χ0) is 19.3. The summed E-state index contributed by atoms with van der Waals surface area (Å²) in [6, 6.07) is 5.44. The summed E-state index contributed by atoms with van der Waals surface area (Å²) < 4.78 is 5.92. The van der Waals surface area contributed by atoms with E-state index in [-0.39, 0.29) is 6.10 Å². The van der Waals surface area contributed by atoms with Crippen LogP contribution in [0.1, 0.15) is 13.8 Å². The highest BCUT2D eigenvalue weighted by Gasteiger charge is 2.19. The fourth-order valence-corrected chi connectivity index (χ4v) is 2.63. The van der Waals surface area contributed by atoms with Gasteiger partial charge >= 0.3 is 11.9 Å². The summed E-state index contributed by atoms with van der Waals surface area (Å²) >= 11 is 0. The van der Waals surface area contributed by atoms with E-state index < -0.39 is 17.5 Å². The van der Waals surface area contributed by atoms with Gasteiger partial charge < -0.3 is 30.1 Å². The lowest BCUT2D eigenvalue weighted by Crippen LogP contribution is -2.44. The molecule has 8 heteroatoms. The van der Waals surface area contributed by atoms with Crippen molar-refractivity contribution < 1.29 is 24.5 Å². The third kappa shape index (κ3) is 5.13. The topological polar surface area (TPSA) is 102 Å². The fourth-order valence-electron chi connectivity index (χ4n) is 2.63. The molecule has 1 aromatic carbocycles. The Morgan fingerprint density at radius 1 is 1.15 bits per heavy atom. The number of carbonyl (C=O) groups is 2. The predicted octanol–water partition coefficient (Wildman–Crippen LogP) is 1.69. The van der Waals surface area contributed by atoms with E-state index in [1.54, 1.807) is 12.1 Å². The van der Waals surface area contributed by atoms with E-state index >= 15 is 0 Å². The molecule has 0 unspecified atom stereocenters. The van der Waals surface area contributed by atoms with Gasteiger partial charge in [0.15, 0.2) is 5.57 Å². The molecular weight excluding hydrogens is 338 g/mol. The average Bonchev–Trinajstić information content (AvgIpc) is 2.55. The molecule has 3 N–H and O–H groups in total. The van der Waals surface area contributed by atoms with Crippen molar-refractivity contribution in [1.82, 2.24) is 4.90 Å². The fraction of sp³-hybridized carbons (Fsp3) is 0.444. The van der Waals surface area contributed by atoms with Gasteiger partial charge in [0, 0.05) is 44.1 Å². The molecule has 2 rings (SSSR count). The van der Waals surface area contributed by atoms with Gasteiger partial charge in [-0.15, -0.1) is 0 Å². The molecule has 142 valence electrons. The Labute approximate surface area is 152 Å². The number of carboxylic acid groups (broad SMARTS) is 2. The smallest absolute Gasteiger partial charge is 0.344 e. The van der Waals surface area contributed by atoms with Crippen LogP contribution in [-0.4, -0.2) is 66.4 Å². The SMILES string of the molecule is CC(C)Oc1cc(NC=C(C(=O)O)C(=O)O)ccc1N1CCN(C)CC1. The minimum Gasteiger partial charge on any atom is -0.489 e. The van der Waals surface area contributed by atoms with Gasteiger partial charge in [0.05, 0.1) is 11.8 Å². The number of hydrogen-bond donors (Lipinski definition) is 3. The van der Waals surface area contributed by atoms with Crippen molar-refractivity contribution in [2.45, 2.75) is 20.0 Å². The van der Waals surface area contributed by atoms with Crippen LogP contribution in [-0.2, 0) is 9.59 Å². The minimum atomic E-state index is -1.50. The number of aliphatic carboxylic acids is 2. The van der Waals surface area contributed by atoms with Gasteiger partial charge in [0.2, 0.25) is 0 Å². The van der Waals surface area contributed by atoms with Crippen LogP contribution in [0, 0.1) is 0 Å². The molecule has 26 heavy (non-hydrogen) atoms. The Morgan fingerprint density at radius 2 is 1.77 bits per heavy atom. The zero-order valence-corrected chi connectivity index (χ0v) is 15.2. The highest BCUT2D eigenvalue weighted by Crippen LogP contribution is 2.33. The summed E-state index contributed by atoms with van der Waals surface area (Å²) in [6.07, 6.45) is 0.940. The quantitative estimate of drug-likeness (QED) is 0.382. The Bertz CT molecular complexity index is 678. The van der Waals surface area contributed by atoms with Crippen LogP contribution >= 0.6 is 0 Å². The van der Waals surface area contributed by atoms with Crippen molar-refractivity contribution in [1.29, 1.82) is 0 Å². The lowest BCUT2D eigenvalue weighted by atomic mass is 10.2. The summed E-state index contributed by atoms with van der Waals surface area (Å²) in [4.78, 5) is 26.4. The van der Waals surface area contributed by atoms with Crippen molar-refractivity contribution in [3.05, 3.63) is 30.0 Å². The second kappa shape index (κ2) is 8.57. The van der Waals surface area contributed by atoms with Crippen LogP contribution in [0.25, 0.3) is 0 Å². The molecule has 1 aromatic rings. The molecule has 1 fully saturated rings. The summed E-state index contributed by atoms with van der Waals surface area (Å²) in [6.45, 7) is 7.57. The first-order valence-electron chi connectivity index (χ1n) is 8.45. The summed E-state index contributed by atoms with van der Waals surface area (Å²) in [5, 5.41) is 20.5. The van der Waals surface area contributed by atoms with Gasteiger partial charge in [-0.1, -0.05) is 0 Å². The first-order chi connectivity index (χ1) is 12.3. The highest BCUT2D eigenvalue weighted by molar-refractivity contribution is 6.12. The van der Waals surface area contributed by atoms with Crippen LogP contribution in [0.4, 0.5) is 11.4 Å². The number of anilines is 2. The Balaban J connectivity index is 2.26. The summed E-state index contributed by atoms with van der Waals surface area (Å²) in [7, 11) is 2.09. The molecule has 1 heterocycles. The van der Waals surface area contributed by atoms with E-state index in [1.165, 1.54) is 0 Å². The molecule has 0 bridgehead atoms. The highest BCUT2D eigenvalue weighted by atomic mass is 16.5. The molecule has 0 aromatic heterocycles. The van der Waals surface area contributed by atoms with Crippen LogP contribution in [0.3, 0.4) is 0 Å². The molecule has 0 spiro atoms. The largest absolute Gasteiger partial charge is 0.489 e. The standard InChI is InChI=1S/C18H25N3O5/c1-12(2)26-16-10-13(19-11-14(17(22)23)18(24)25)4-5-15(16)21-8-6-20(3)7-9-21/h4-5,10-12,19H,6-9H2,1-3H3,(H,22,23)(H,24,25). The number of ether oxygens (including phenoxy) is 1. The van der Waals surface area contributed by atoms with E-state index in [4.69, 9.17) is 14.9 Å². The number of likely N-dealkylation sites (N-methyl/N-ethyl adjacent to an activating group) is 1. The van der Waals surface area contributed by atoms with Crippen LogP contribution in [0.15, 0.2) is 30.0 Å². The monoisotopic (exact) mass is 363 g/mol. The van der Waals surface area contributed by atoms with Gasteiger partial charge in [-0.3, -0.25) is 0 Å². The first kappa shape index (κ1) is 19.6.